The normalized spacial score (nSPS) is 16.2. The number of furan rings is 1. The molecule has 3 heteroatoms. The molecule has 2 N–H and O–H groups in total. The minimum Gasteiger partial charge on any atom is -0.464 e. The summed E-state index contributed by atoms with van der Waals surface area (Å²) in [6.45, 7) is 4.49. The monoisotopic (exact) mass is 230 g/mol. The smallest absolute Gasteiger partial charge is 0.134 e. The highest BCUT2D eigenvalue weighted by molar-refractivity contribution is 5.80. The maximum atomic E-state index is 5.52. The molecule has 17 heavy (non-hydrogen) atoms. The van der Waals surface area contributed by atoms with E-state index in [2.05, 4.69) is 22.8 Å². The highest BCUT2D eigenvalue weighted by Crippen LogP contribution is 2.20. The Balaban J connectivity index is 1.53. The van der Waals surface area contributed by atoms with Crippen molar-refractivity contribution < 1.29 is 4.42 Å². The lowest BCUT2D eigenvalue weighted by Crippen LogP contribution is -2.47. The second kappa shape index (κ2) is 4.90. The quantitative estimate of drug-likeness (QED) is 0.769. The van der Waals surface area contributed by atoms with Crippen molar-refractivity contribution in [3.63, 3.8) is 0 Å². The molecule has 0 aliphatic carbocycles. The lowest BCUT2D eigenvalue weighted by molar-refractivity contribution is 0.333. The number of rotatable bonds is 5. The van der Waals surface area contributed by atoms with Gasteiger partial charge in [-0.3, -0.25) is 0 Å². The molecule has 3 nitrogen and oxygen atoms in total. The average molecular weight is 230 g/mol. The van der Waals surface area contributed by atoms with Gasteiger partial charge in [-0.05, 0) is 30.5 Å². The van der Waals surface area contributed by atoms with Crippen molar-refractivity contribution in [2.45, 2.75) is 6.42 Å². The summed E-state index contributed by atoms with van der Waals surface area (Å²) in [6, 6.07) is 8.22. The summed E-state index contributed by atoms with van der Waals surface area (Å²) in [4.78, 5) is 0. The van der Waals surface area contributed by atoms with Gasteiger partial charge in [0.1, 0.15) is 5.58 Å². The van der Waals surface area contributed by atoms with E-state index in [0.717, 1.165) is 31.0 Å². The Bertz CT molecular complexity index is 488. The van der Waals surface area contributed by atoms with Gasteiger partial charge in [-0.1, -0.05) is 18.2 Å². The van der Waals surface area contributed by atoms with Crippen LogP contribution in [0.25, 0.3) is 11.0 Å². The second-order valence-corrected chi connectivity index (χ2v) is 4.74. The molecule has 1 aromatic heterocycles. The number of fused-ring (bicyclic) bond motifs is 1. The van der Waals surface area contributed by atoms with Crippen LogP contribution >= 0.6 is 0 Å². The van der Waals surface area contributed by atoms with Crippen molar-refractivity contribution in [3.8, 4) is 0 Å². The molecular formula is C14H18N2O. The molecular weight excluding hydrogens is 212 g/mol. The van der Waals surface area contributed by atoms with Crippen LogP contribution in [-0.2, 0) is 6.42 Å². The third-order valence-corrected chi connectivity index (χ3v) is 3.43. The summed E-state index contributed by atoms with van der Waals surface area (Å²) in [5, 5.41) is 8.04. The van der Waals surface area contributed by atoms with E-state index in [-0.39, 0.29) is 0 Å². The molecule has 0 amide bonds. The summed E-state index contributed by atoms with van der Waals surface area (Å²) in [5.74, 6) is 0.830. The predicted molar refractivity (Wildman–Crippen MR) is 69.1 cm³/mol. The SMILES string of the molecule is c1ccc2c(CCNCC3CNC3)coc2c1. The summed E-state index contributed by atoms with van der Waals surface area (Å²) in [5.41, 5.74) is 2.30. The molecule has 0 bridgehead atoms. The molecule has 90 valence electrons. The minimum atomic E-state index is 0.830. The fraction of sp³-hybridized carbons (Fsp3) is 0.429. The molecule has 0 saturated carbocycles. The van der Waals surface area contributed by atoms with E-state index in [0.29, 0.717) is 0 Å². The first-order valence-corrected chi connectivity index (χ1v) is 6.30. The van der Waals surface area contributed by atoms with Crippen LogP contribution in [0.1, 0.15) is 5.56 Å². The van der Waals surface area contributed by atoms with E-state index in [9.17, 15) is 0 Å². The Hall–Kier alpha value is -1.32. The summed E-state index contributed by atoms with van der Waals surface area (Å²) < 4.78 is 5.52. The van der Waals surface area contributed by atoms with Crippen LogP contribution in [0, 0.1) is 5.92 Å². The fourth-order valence-electron chi connectivity index (χ4n) is 2.25. The first kappa shape index (κ1) is 10.8. The lowest BCUT2D eigenvalue weighted by Gasteiger charge is -2.27. The number of hydrogen-bond acceptors (Lipinski definition) is 3. The van der Waals surface area contributed by atoms with Gasteiger partial charge in [0.2, 0.25) is 0 Å². The minimum absolute atomic E-state index is 0.830. The molecule has 0 unspecified atom stereocenters. The summed E-state index contributed by atoms with van der Waals surface area (Å²) >= 11 is 0. The first-order chi connectivity index (χ1) is 8.43. The van der Waals surface area contributed by atoms with Crippen LogP contribution in [0.3, 0.4) is 0 Å². The second-order valence-electron chi connectivity index (χ2n) is 4.74. The van der Waals surface area contributed by atoms with E-state index in [1.54, 1.807) is 0 Å². The summed E-state index contributed by atoms with van der Waals surface area (Å²) in [6.07, 6.45) is 2.93. The van der Waals surface area contributed by atoms with Crippen LogP contribution in [0.15, 0.2) is 34.9 Å². The van der Waals surface area contributed by atoms with Gasteiger partial charge in [-0.25, -0.2) is 0 Å². The van der Waals surface area contributed by atoms with Gasteiger partial charge in [0, 0.05) is 25.0 Å². The van der Waals surface area contributed by atoms with Gasteiger partial charge in [-0.15, -0.1) is 0 Å². The first-order valence-electron chi connectivity index (χ1n) is 6.30. The third kappa shape index (κ3) is 2.35. The largest absolute Gasteiger partial charge is 0.464 e. The molecule has 0 radical (unpaired) electrons. The molecule has 0 atom stereocenters. The average Bonchev–Trinajstić information content (AvgIpc) is 2.70. The van der Waals surface area contributed by atoms with Crippen molar-refractivity contribution in [2.24, 2.45) is 5.92 Å². The Labute approximate surface area is 101 Å². The molecule has 1 aliphatic heterocycles. The molecule has 3 rings (SSSR count). The van der Waals surface area contributed by atoms with Gasteiger partial charge >= 0.3 is 0 Å². The van der Waals surface area contributed by atoms with E-state index in [4.69, 9.17) is 4.42 Å². The number of benzene rings is 1. The Morgan fingerprint density at radius 3 is 3.00 bits per heavy atom. The van der Waals surface area contributed by atoms with Crippen LogP contribution in [0.5, 0.6) is 0 Å². The van der Waals surface area contributed by atoms with Crippen molar-refractivity contribution in [1.29, 1.82) is 0 Å². The van der Waals surface area contributed by atoms with E-state index in [1.165, 1.54) is 24.0 Å². The van der Waals surface area contributed by atoms with Crippen molar-refractivity contribution >= 4 is 11.0 Å². The van der Waals surface area contributed by atoms with E-state index in [1.807, 2.05) is 18.4 Å². The van der Waals surface area contributed by atoms with Gasteiger partial charge in [0.25, 0.3) is 0 Å². The molecule has 2 heterocycles. The third-order valence-electron chi connectivity index (χ3n) is 3.43. The van der Waals surface area contributed by atoms with Crippen LogP contribution in [-0.4, -0.2) is 26.2 Å². The molecule has 1 aromatic carbocycles. The highest BCUT2D eigenvalue weighted by atomic mass is 16.3. The molecule has 0 spiro atoms. The van der Waals surface area contributed by atoms with Gasteiger partial charge in [-0.2, -0.15) is 0 Å². The molecule has 1 aliphatic rings. The summed E-state index contributed by atoms with van der Waals surface area (Å²) in [7, 11) is 0. The highest BCUT2D eigenvalue weighted by Gasteiger charge is 2.15. The van der Waals surface area contributed by atoms with Crippen LogP contribution in [0.2, 0.25) is 0 Å². The predicted octanol–water partition coefficient (Wildman–Crippen LogP) is 1.78. The Morgan fingerprint density at radius 1 is 1.29 bits per heavy atom. The number of nitrogens with one attached hydrogen (secondary N) is 2. The molecule has 2 aromatic rings. The van der Waals surface area contributed by atoms with E-state index < -0.39 is 0 Å². The zero-order valence-corrected chi connectivity index (χ0v) is 9.91. The van der Waals surface area contributed by atoms with Crippen molar-refractivity contribution in [1.82, 2.24) is 10.6 Å². The van der Waals surface area contributed by atoms with Gasteiger partial charge < -0.3 is 15.1 Å². The van der Waals surface area contributed by atoms with Crippen molar-refractivity contribution in [2.75, 3.05) is 26.2 Å². The van der Waals surface area contributed by atoms with Crippen LogP contribution in [0.4, 0.5) is 0 Å². The van der Waals surface area contributed by atoms with Crippen molar-refractivity contribution in [3.05, 3.63) is 36.1 Å². The Morgan fingerprint density at radius 2 is 2.18 bits per heavy atom. The lowest BCUT2D eigenvalue weighted by atomic mass is 10.0. The Kier molecular flexibility index (Phi) is 3.12. The molecule has 1 saturated heterocycles. The molecule has 1 fully saturated rings. The zero-order valence-electron chi connectivity index (χ0n) is 9.91. The standard InChI is InChI=1S/C14H18N2O/c1-2-4-14-13(3-1)12(10-17-14)5-6-15-7-11-8-16-9-11/h1-4,10-11,15-16H,5-9H2. The maximum absolute atomic E-state index is 5.52. The van der Waals surface area contributed by atoms with Gasteiger partial charge in [0.15, 0.2) is 0 Å². The topological polar surface area (TPSA) is 37.2 Å². The van der Waals surface area contributed by atoms with Gasteiger partial charge in [0.05, 0.1) is 6.26 Å². The number of hydrogen-bond donors (Lipinski definition) is 2. The number of para-hydroxylation sites is 1. The van der Waals surface area contributed by atoms with Crippen LogP contribution < -0.4 is 10.6 Å². The van der Waals surface area contributed by atoms with E-state index >= 15 is 0 Å². The maximum Gasteiger partial charge on any atom is 0.134 e. The fourth-order valence-corrected chi connectivity index (χ4v) is 2.25. The zero-order chi connectivity index (χ0) is 11.5.